The maximum atomic E-state index is 11.9. The number of aromatic nitrogens is 1. The maximum Gasteiger partial charge on any atom is 0.338 e. The lowest BCUT2D eigenvalue weighted by Gasteiger charge is -2.07. The molecular weight excluding hydrogens is 296 g/mol. The van der Waals surface area contributed by atoms with Gasteiger partial charge in [-0.15, -0.1) is 0 Å². The minimum absolute atomic E-state index is 0.346. The Balaban J connectivity index is 1.89. The summed E-state index contributed by atoms with van der Waals surface area (Å²) in [5, 5.41) is 2.17. The van der Waals surface area contributed by atoms with Crippen LogP contribution in [-0.4, -0.2) is 29.0 Å². The number of aryl methyl sites for hydroxylation is 3. The SMILES string of the molecule is Cc1ccc(C(=O)OCC(=O)NC(=O)c2cccn2C)cc1C. The second-order valence-electron chi connectivity index (χ2n) is 5.26. The quantitative estimate of drug-likeness (QED) is 0.872. The van der Waals surface area contributed by atoms with Gasteiger partial charge in [0.05, 0.1) is 5.56 Å². The second-order valence-corrected chi connectivity index (χ2v) is 5.26. The summed E-state index contributed by atoms with van der Waals surface area (Å²) in [6, 6.07) is 8.43. The van der Waals surface area contributed by atoms with Gasteiger partial charge in [0.1, 0.15) is 5.69 Å². The number of carbonyl (C=O) groups excluding carboxylic acids is 3. The smallest absolute Gasteiger partial charge is 0.338 e. The van der Waals surface area contributed by atoms with Gasteiger partial charge in [-0.1, -0.05) is 6.07 Å². The molecular formula is C17H18N2O4. The van der Waals surface area contributed by atoms with E-state index in [1.165, 1.54) is 0 Å². The van der Waals surface area contributed by atoms with Gasteiger partial charge in [0.25, 0.3) is 11.8 Å². The highest BCUT2D eigenvalue weighted by molar-refractivity contribution is 6.04. The zero-order valence-corrected chi connectivity index (χ0v) is 13.3. The lowest BCUT2D eigenvalue weighted by atomic mass is 10.1. The van der Waals surface area contributed by atoms with Crippen LogP contribution in [0.25, 0.3) is 0 Å². The lowest BCUT2D eigenvalue weighted by molar-refractivity contribution is -0.123. The number of rotatable bonds is 4. The number of imide groups is 1. The molecule has 1 N–H and O–H groups in total. The fourth-order valence-electron chi connectivity index (χ4n) is 2.01. The Morgan fingerprint density at radius 2 is 1.87 bits per heavy atom. The lowest BCUT2D eigenvalue weighted by Crippen LogP contribution is -2.35. The van der Waals surface area contributed by atoms with Gasteiger partial charge in [-0.25, -0.2) is 4.79 Å². The van der Waals surface area contributed by atoms with E-state index >= 15 is 0 Å². The first-order valence-electron chi connectivity index (χ1n) is 7.08. The first-order valence-corrected chi connectivity index (χ1v) is 7.08. The van der Waals surface area contributed by atoms with Crippen LogP contribution in [0.3, 0.4) is 0 Å². The zero-order valence-electron chi connectivity index (χ0n) is 13.3. The number of hydrogen-bond donors (Lipinski definition) is 1. The Labute approximate surface area is 134 Å². The summed E-state index contributed by atoms with van der Waals surface area (Å²) < 4.78 is 6.51. The fraction of sp³-hybridized carbons (Fsp3) is 0.235. The molecule has 23 heavy (non-hydrogen) atoms. The van der Waals surface area contributed by atoms with Crippen LogP contribution in [0.5, 0.6) is 0 Å². The molecule has 0 saturated carbocycles. The van der Waals surface area contributed by atoms with Gasteiger partial charge < -0.3 is 9.30 Å². The molecule has 2 rings (SSSR count). The van der Waals surface area contributed by atoms with E-state index in [-0.39, 0.29) is 0 Å². The number of nitrogens with one attached hydrogen (secondary N) is 1. The summed E-state index contributed by atoms with van der Waals surface area (Å²) in [5.41, 5.74) is 2.74. The van der Waals surface area contributed by atoms with Crippen molar-refractivity contribution in [2.75, 3.05) is 6.61 Å². The van der Waals surface area contributed by atoms with Gasteiger partial charge in [-0.05, 0) is 49.2 Å². The molecule has 0 saturated heterocycles. The third-order valence-electron chi connectivity index (χ3n) is 3.51. The van der Waals surface area contributed by atoms with E-state index < -0.39 is 24.4 Å². The van der Waals surface area contributed by atoms with Crippen molar-refractivity contribution in [2.45, 2.75) is 13.8 Å². The molecule has 0 aliphatic heterocycles. The highest BCUT2D eigenvalue weighted by Gasteiger charge is 2.15. The molecule has 1 aromatic heterocycles. The molecule has 6 nitrogen and oxygen atoms in total. The van der Waals surface area contributed by atoms with Gasteiger partial charge in [-0.2, -0.15) is 0 Å². The molecule has 0 atom stereocenters. The summed E-state index contributed by atoms with van der Waals surface area (Å²) in [5.74, 6) is -1.81. The Bertz CT molecular complexity index is 762. The predicted molar refractivity (Wildman–Crippen MR) is 84.1 cm³/mol. The van der Waals surface area contributed by atoms with E-state index in [4.69, 9.17) is 4.74 Å². The summed E-state index contributed by atoms with van der Waals surface area (Å²) in [6.07, 6.45) is 1.69. The molecule has 6 heteroatoms. The zero-order chi connectivity index (χ0) is 17.0. The highest BCUT2D eigenvalue weighted by Crippen LogP contribution is 2.10. The molecule has 0 spiro atoms. The topological polar surface area (TPSA) is 77.4 Å². The van der Waals surface area contributed by atoms with Gasteiger partial charge in [0, 0.05) is 13.2 Å². The molecule has 0 bridgehead atoms. The molecule has 120 valence electrons. The Morgan fingerprint density at radius 3 is 2.48 bits per heavy atom. The summed E-state index contributed by atoms with van der Waals surface area (Å²) in [4.78, 5) is 35.4. The van der Waals surface area contributed by atoms with Crippen LogP contribution in [0.2, 0.25) is 0 Å². The number of nitrogens with zero attached hydrogens (tertiary/aromatic N) is 1. The van der Waals surface area contributed by atoms with Crippen molar-refractivity contribution in [2.24, 2.45) is 7.05 Å². The molecule has 0 aliphatic rings. The third kappa shape index (κ3) is 4.06. The molecule has 0 aliphatic carbocycles. The van der Waals surface area contributed by atoms with Crippen LogP contribution in [-0.2, 0) is 16.6 Å². The van der Waals surface area contributed by atoms with E-state index in [1.807, 2.05) is 19.9 Å². The van der Waals surface area contributed by atoms with Gasteiger partial charge in [0.2, 0.25) is 0 Å². The first kappa shape index (κ1) is 16.5. The van der Waals surface area contributed by atoms with E-state index in [0.29, 0.717) is 11.3 Å². The van der Waals surface area contributed by atoms with E-state index in [2.05, 4.69) is 5.32 Å². The molecule has 2 amide bonds. The monoisotopic (exact) mass is 314 g/mol. The molecule has 1 heterocycles. The van der Waals surface area contributed by atoms with Crippen molar-refractivity contribution in [3.8, 4) is 0 Å². The normalized spacial score (nSPS) is 10.2. The fourth-order valence-corrected chi connectivity index (χ4v) is 2.01. The first-order chi connectivity index (χ1) is 10.9. The molecule has 0 fully saturated rings. The van der Waals surface area contributed by atoms with E-state index in [0.717, 1.165) is 11.1 Å². The second kappa shape index (κ2) is 6.91. The highest BCUT2D eigenvalue weighted by atomic mass is 16.5. The van der Waals surface area contributed by atoms with Gasteiger partial charge in [0.15, 0.2) is 6.61 Å². The van der Waals surface area contributed by atoms with Gasteiger partial charge >= 0.3 is 5.97 Å². The van der Waals surface area contributed by atoms with Crippen molar-refractivity contribution < 1.29 is 19.1 Å². The Kier molecular flexibility index (Phi) is 4.95. The van der Waals surface area contributed by atoms with Crippen molar-refractivity contribution >= 4 is 17.8 Å². The largest absolute Gasteiger partial charge is 0.452 e. The maximum absolute atomic E-state index is 11.9. The average Bonchev–Trinajstić information content (AvgIpc) is 2.93. The summed E-state index contributed by atoms with van der Waals surface area (Å²) in [6.45, 7) is 3.31. The number of carbonyl (C=O) groups is 3. The van der Waals surface area contributed by atoms with Crippen LogP contribution >= 0.6 is 0 Å². The molecule has 0 radical (unpaired) electrons. The number of ether oxygens (including phenoxy) is 1. The van der Waals surface area contributed by atoms with Crippen molar-refractivity contribution in [3.63, 3.8) is 0 Å². The molecule has 0 unspecified atom stereocenters. The van der Waals surface area contributed by atoms with E-state index in [9.17, 15) is 14.4 Å². The van der Waals surface area contributed by atoms with Crippen molar-refractivity contribution in [1.29, 1.82) is 0 Å². The van der Waals surface area contributed by atoms with Crippen molar-refractivity contribution in [1.82, 2.24) is 9.88 Å². The molecule has 1 aromatic carbocycles. The van der Waals surface area contributed by atoms with Crippen LogP contribution in [0, 0.1) is 13.8 Å². The van der Waals surface area contributed by atoms with Gasteiger partial charge in [-0.3, -0.25) is 14.9 Å². The Hall–Kier alpha value is -2.89. The van der Waals surface area contributed by atoms with Crippen LogP contribution in [0.1, 0.15) is 32.0 Å². The number of hydrogen-bond acceptors (Lipinski definition) is 4. The third-order valence-corrected chi connectivity index (χ3v) is 3.51. The average molecular weight is 314 g/mol. The summed E-state index contributed by atoms with van der Waals surface area (Å²) >= 11 is 0. The van der Waals surface area contributed by atoms with E-state index in [1.54, 1.807) is 42.1 Å². The standard InChI is InChI=1S/C17H18N2O4/c1-11-6-7-13(9-12(11)2)17(22)23-10-15(20)18-16(21)14-5-4-8-19(14)3/h4-9H,10H2,1-3H3,(H,18,20,21). The minimum atomic E-state index is -0.673. The summed E-state index contributed by atoms with van der Waals surface area (Å²) in [7, 11) is 1.69. The number of esters is 1. The number of amides is 2. The minimum Gasteiger partial charge on any atom is -0.452 e. The van der Waals surface area contributed by atoms with Crippen LogP contribution in [0.4, 0.5) is 0 Å². The van der Waals surface area contributed by atoms with Crippen LogP contribution in [0.15, 0.2) is 36.5 Å². The van der Waals surface area contributed by atoms with Crippen LogP contribution < -0.4 is 5.32 Å². The predicted octanol–water partition coefficient (Wildman–Crippen LogP) is 1.76. The number of benzene rings is 1. The Morgan fingerprint density at radius 1 is 1.13 bits per heavy atom. The molecule has 2 aromatic rings. The van der Waals surface area contributed by atoms with Crippen molar-refractivity contribution in [3.05, 3.63) is 58.9 Å².